The van der Waals surface area contributed by atoms with Gasteiger partial charge in [0.1, 0.15) is 0 Å². The van der Waals surface area contributed by atoms with Gasteiger partial charge in [0.15, 0.2) is 0 Å². The molecule has 1 aliphatic heterocycles. The second kappa shape index (κ2) is 4.04. The van der Waals surface area contributed by atoms with Gasteiger partial charge in [-0.2, -0.15) is 0 Å². The maximum atomic E-state index is 5.64. The Balaban J connectivity index is 2.44. The average molecular weight is 157 g/mol. The van der Waals surface area contributed by atoms with Gasteiger partial charge in [0.2, 0.25) is 0 Å². The fraction of sp³-hybridized carbons (Fsp3) is 1.00. The first-order valence-electron chi connectivity index (χ1n) is 4.35. The standard InChI is InChI=1S/C8H19N3/c1-11(2)8-4-3-5-10-7(8)6-9/h7-8,10H,3-6,9H2,1-2H3. The van der Waals surface area contributed by atoms with Crippen LogP contribution < -0.4 is 11.1 Å². The van der Waals surface area contributed by atoms with Gasteiger partial charge in [0.25, 0.3) is 0 Å². The fourth-order valence-electron chi connectivity index (χ4n) is 1.79. The minimum atomic E-state index is 0.499. The molecule has 0 aromatic heterocycles. The minimum absolute atomic E-state index is 0.499. The summed E-state index contributed by atoms with van der Waals surface area (Å²) in [4.78, 5) is 2.27. The molecule has 0 saturated carbocycles. The van der Waals surface area contributed by atoms with E-state index in [1.54, 1.807) is 0 Å². The van der Waals surface area contributed by atoms with Gasteiger partial charge in [-0.1, -0.05) is 0 Å². The Bertz CT molecular complexity index is 114. The van der Waals surface area contributed by atoms with E-state index in [0.717, 1.165) is 13.1 Å². The number of hydrogen-bond donors (Lipinski definition) is 2. The highest BCUT2D eigenvalue weighted by Gasteiger charge is 2.24. The first-order valence-corrected chi connectivity index (χ1v) is 4.35. The van der Waals surface area contributed by atoms with E-state index in [9.17, 15) is 0 Å². The van der Waals surface area contributed by atoms with Crippen LogP contribution in [0.2, 0.25) is 0 Å². The quantitative estimate of drug-likeness (QED) is 0.574. The summed E-state index contributed by atoms with van der Waals surface area (Å²) in [5.74, 6) is 0. The van der Waals surface area contributed by atoms with Crippen molar-refractivity contribution in [2.24, 2.45) is 5.73 Å². The molecule has 66 valence electrons. The molecule has 2 unspecified atom stereocenters. The summed E-state index contributed by atoms with van der Waals surface area (Å²) in [6.07, 6.45) is 2.56. The van der Waals surface area contributed by atoms with Gasteiger partial charge in [0.05, 0.1) is 0 Å². The van der Waals surface area contributed by atoms with Crippen LogP contribution in [0.25, 0.3) is 0 Å². The lowest BCUT2D eigenvalue weighted by atomic mass is 9.98. The number of nitrogens with zero attached hydrogens (tertiary/aromatic N) is 1. The zero-order chi connectivity index (χ0) is 8.27. The molecule has 0 aromatic carbocycles. The van der Waals surface area contributed by atoms with Gasteiger partial charge in [-0.05, 0) is 33.5 Å². The molecule has 3 N–H and O–H groups in total. The number of likely N-dealkylation sites (N-methyl/N-ethyl adjacent to an activating group) is 1. The third kappa shape index (κ3) is 2.15. The number of nitrogens with two attached hydrogens (primary N) is 1. The molecule has 3 heteroatoms. The van der Waals surface area contributed by atoms with Crippen molar-refractivity contribution in [1.82, 2.24) is 10.2 Å². The van der Waals surface area contributed by atoms with Crippen molar-refractivity contribution < 1.29 is 0 Å². The van der Waals surface area contributed by atoms with Gasteiger partial charge in [-0.15, -0.1) is 0 Å². The number of hydrogen-bond acceptors (Lipinski definition) is 3. The summed E-state index contributed by atoms with van der Waals surface area (Å²) in [6, 6.07) is 1.13. The van der Waals surface area contributed by atoms with E-state index in [2.05, 4.69) is 24.3 Å². The van der Waals surface area contributed by atoms with Gasteiger partial charge in [-0.25, -0.2) is 0 Å². The maximum absolute atomic E-state index is 5.64. The molecule has 1 heterocycles. The third-order valence-electron chi connectivity index (χ3n) is 2.46. The summed E-state index contributed by atoms with van der Waals surface area (Å²) in [5, 5.41) is 3.43. The van der Waals surface area contributed by atoms with Crippen LogP contribution in [0.15, 0.2) is 0 Å². The molecule has 2 atom stereocenters. The van der Waals surface area contributed by atoms with Crippen LogP contribution in [-0.4, -0.2) is 44.2 Å². The van der Waals surface area contributed by atoms with Crippen molar-refractivity contribution in [2.75, 3.05) is 27.2 Å². The highest BCUT2D eigenvalue weighted by molar-refractivity contribution is 4.86. The second-order valence-corrected chi connectivity index (χ2v) is 3.47. The van der Waals surface area contributed by atoms with Crippen molar-refractivity contribution in [1.29, 1.82) is 0 Å². The van der Waals surface area contributed by atoms with E-state index in [1.165, 1.54) is 12.8 Å². The van der Waals surface area contributed by atoms with Gasteiger partial charge in [0, 0.05) is 18.6 Å². The number of rotatable bonds is 2. The summed E-state index contributed by atoms with van der Waals surface area (Å²) in [7, 11) is 4.25. The normalized spacial score (nSPS) is 32.7. The van der Waals surface area contributed by atoms with Crippen LogP contribution in [0.3, 0.4) is 0 Å². The van der Waals surface area contributed by atoms with Gasteiger partial charge < -0.3 is 16.0 Å². The van der Waals surface area contributed by atoms with E-state index < -0.39 is 0 Å². The zero-order valence-corrected chi connectivity index (χ0v) is 7.51. The Morgan fingerprint density at radius 3 is 2.73 bits per heavy atom. The highest BCUT2D eigenvalue weighted by atomic mass is 15.2. The SMILES string of the molecule is CN(C)C1CCCNC1CN. The molecule has 0 aliphatic carbocycles. The van der Waals surface area contributed by atoms with E-state index in [0.29, 0.717) is 12.1 Å². The summed E-state index contributed by atoms with van der Waals surface area (Å²) in [5.41, 5.74) is 5.64. The largest absolute Gasteiger partial charge is 0.329 e. The molecule has 0 amide bonds. The average Bonchev–Trinajstić information content (AvgIpc) is 2.04. The molecule has 1 fully saturated rings. The van der Waals surface area contributed by atoms with Gasteiger partial charge >= 0.3 is 0 Å². The lowest BCUT2D eigenvalue weighted by Crippen LogP contribution is -2.54. The molecule has 1 rings (SSSR count). The van der Waals surface area contributed by atoms with E-state index in [-0.39, 0.29) is 0 Å². The monoisotopic (exact) mass is 157 g/mol. The summed E-state index contributed by atoms with van der Waals surface area (Å²) < 4.78 is 0. The van der Waals surface area contributed by atoms with Crippen LogP contribution >= 0.6 is 0 Å². The second-order valence-electron chi connectivity index (χ2n) is 3.47. The van der Waals surface area contributed by atoms with Crippen molar-refractivity contribution >= 4 is 0 Å². The Hall–Kier alpha value is -0.120. The molecule has 0 bridgehead atoms. The highest BCUT2D eigenvalue weighted by Crippen LogP contribution is 2.11. The van der Waals surface area contributed by atoms with Crippen LogP contribution in [-0.2, 0) is 0 Å². The topological polar surface area (TPSA) is 41.3 Å². The van der Waals surface area contributed by atoms with Crippen molar-refractivity contribution in [3.8, 4) is 0 Å². The lowest BCUT2D eigenvalue weighted by Gasteiger charge is -2.36. The maximum Gasteiger partial charge on any atom is 0.0346 e. The molecule has 0 aromatic rings. The predicted octanol–water partition coefficient (Wildman–Crippen LogP) is -0.373. The van der Waals surface area contributed by atoms with Crippen molar-refractivity contribution in [3.63, 3.8) is 0 Å². The Morgan fingerprint density at radius 2 is 2.27 bits per heavy atom. The zero-order valence-electron chi connectivity index (χ0n) is 7.51. The molecular weight excluding hydrogens is 138 g/mol. The van der Waals surface area contributed by atoms with Crippen LogP contribution in [0.5, 0.6) is 0 Å². The molecule has 1 saturated heterocycles. The molecule has 11 heavy (non-hydrogen) atoms. The van der Waals surface area contributed by atoms with Crippen molar-refractivity contribution in [3.05, 3.63) is 0 Å². The minimum Gasteiger partial charge on any atom is -0.329 e. The number of piperidine rings is 1. The van der Waals surface area contributed by atoms with Crippen LogP contribution in [0, 0.1) is 0 Å². The first-order chi connectivity index (χ1) is 5.25. The number of nitrogens with one attached hydrogen (secondary N) is 1. The lowest BCUT2D eigenvalue weighted by molar-refractivity contribution is 0.189. The molecule has 3 nitrogen and oxygen atoms in total. The van der Waals surface area contributed by atoms with Gasteiger partial charge in [-0.3, -0.25) is 0 Å². The van der Waals surface area contributed by atoms with Crippen molar-refractivity contribution in [2.45, 2.75) is 24.9 Å². The molecule has 1 aliphatic rings. The van der Waals surface area contributed by atoms with Crippen LogP contribution in [0.4, 0.5) is 0 Å². The Labute approximate surface area is 68.9 Å². The molecule has 0 spiro atoms. The van der Waals surface area contributed by atoms with Crippen LogP contribution in [0.1, 0.15) is 12.8 Å². The van der Waals surface area contributed by atoms with E-state index >= 15 is 0 Å². The Kier molecular flexibility index (Phi) is 3.30. The third-order valence-corrected chi connectivity index (χ3v) is 2.46. The Morgan fingerprint density at radius 1 is 1.55 bits per heavy atom. The fourth-order valence-corrected chi connectivity index (χ4v) is 1.79. The first kappa shape index (κ1) is 8.97. The molecular formula is C8H19N3. The predicted molar refractivity (Wildman–Crippen MR) is 47.6 cm³/mol. The van der Waals surface area contributed by atoms with E-state index in [1.807, 2.05) is 0 Å². The smallest absolute Gasteiger partial charge is 0.0346 e. The van der Waals surface area contributed by atoms with E-state index in [4.69, 9.17) is 5.73 Å². The summed E-state index contributed by atoms with van der Waals surface area (Å²) in [6.45, 7) is 1.88. The molecule has 0 radical (unpaired) electrons. The summed E-state index contributed by atoms with van der Waals surface area (Å²) >= 11 is 0.